The van der Waals surface area contributed by atoms with E-state index in [1.54, 1.807) is 6.20 Å². The third kappa shape index (κ3) is 5.62. The third-order valence-corrected chi connectivity index (χ3v) is 2.79. The van der Waals surface area contributed by atoms with Crippen molar-refractivity contribution < 1.29 is 9.59 Å². The van der Waals surface area contributed by atoms with Crippen molar-refractivity contribution in [2.24, 2.45) is 11.5 Å². The number of carbonyl (C=O) groups excluding carboxylic acids is 2. The molecule has 1 aromatic rings. The maximum absolute atomic E-state index is 11.8. The summed E-state index contributed by atoms with van der Waals surface area (Å²) >= 11 is 0. The van der Waals surface area contributed by atoms with Crippen LogP contribution in [0.2, 0.25) is 0 Å². The van der Waals surface area contributed by atoms with Crippen LogP contribution in [0.1, 0.15) is 25.0 Å². The lowest BCUT2D eigenvalue weighted by Gasteiger charge is -2.16. The minimum absolute atomic E-state index is 0.334. The highest BCUT2D eigenvalue weighted by Crippen LogP contribution is 2.00. The van der Waals surface area contributed by atoms with E-state index in [-0.39, 0.29) is 5.91 Å². The Morgan fingerprint density at radius 1 is 1.53 bits per heavy atom. The minimum atomic E-state index is -0.697. The van der Waals surface area contributed by atoms with Gasteiger partial charge in [0.1, 0.15) is 6.29 Å². The number of aromatic amines is 1. The lowest BCUT2D eigenvalue weighted by atomic mass is 10.1. The first kappa shape index (κ1) is 15.3. The number of carbonyl (C=O) groups is 2. The van der Waals surface area contributed by atoms with Crippen LogP contribution >= 0.6 is 0 Å². The van der Waals surface area contributed by atoms with Crippen LogP contribution in [0.3, 0.4) is 0 Å². The van der Waals surface area contributed by atoms with Crippen molar-refractivity contribution >= 4 is 12.2 Å². The molecule has 0 bridgehead atoms. The molecule has 19 heavy (non-hydrogen) atoms. The van der Waals surface area contributed by atoms with Crippen molar-refractivity contribution in [3.05, 3.63) is 18.2 Å². The molecule has 0 unspecified atom stereocenters. The van der Waals surface area contributed by atoms with E-state index in [9.17, 15) is 9.59 Å². The lowest BCUT2D eigenvalue weighted by Crippen LogP contribution is -2.47. The summed E-state index contributed by atoms with van der Waals surface area (Å²) in [6.45, 7) is 0.582. The second-order valence-corrected chi connectivity index (χ2v) is 4.42. The summed E-state index contributed by atoms with van der Waals surface area (Å²) in [7, 11) is 0. The van der Waals surface area contributed by atoms with E-state index >= 15 is 0 Å². The summed E-state index contributed by atoms with van der Waals surface area (Å²) in [6, 6.07) is -1.19. The molecule has 6 N–H and O–H groups in total. The molecule has 7 nitrogen and oxygen atoms in total. The molecular formula is C12H21N5O2. The van der Waals surface area contributed by atoms with Gasteiger partial charge in [-0.3, -0.25) is 4.79 Å². The maximum atomic E-state index is 11.8. The Kier molecular flexibility index (Phi) is 6.76. The van der Waals surface area contributed by atoms with E-state index in [1.165, 1.54) is 6.33 Å². The van der Waals surface area contributed by atoms with Crippen molar-refractivity contribution in [2.45, 2.75) is 37.8 Å². The summed E-state index contributed by atoms with van der Waals surface area (Å²) in [6.07, 6.45) is 6.46. The monoisotopic (exact) mass is 267 g/mol. The molecule has 0 aliphatic carbocycles. The summed E-state index contributed by atoms with van der Waals surface area (Å²) in [5.41, 5.74) is 11.9. The molecule has 1 aromatic heterocycles. The Bertz CT molecular complexity index is 379. The second kappa shape index (κ2) is 8.39. The first-order valence-electron chi connectivity index (χ1n) is 6.36. The number of unbranched alkanes of at least 4 members (excludes halogenated alkanes) is 1. The standard InChI is InChI=1S/C12H21N5O2/c13-4-2-1-3-9(7-18)17-12(19)11(14)5-10-6-15-8-16-10/h6-9,11H,1-5,13-14H2,(H,15,16)(H,17,19)/t9-,11-/m0/s1. The average Bonchev–Trinajstić information content (AvgIpc) is 2.90. The molecule has 0 saturated heterocycles. The van der Waals surface area contributed by atoms with Gasteiger partial charge < -0.3 is 26.6 Å². The number of nitrogens with zero attached hydrogens (tertiary/aromatic N) is 1. The van der Waals surface area contributed by atoms with Gasteiger partial charge in [-0.15, -0.1) is 0 Å². The molecule has 0 fully saturated rings. The van der Waals surface area contributed by atoms with Crippen LogP contribution in [0.4, 0.5) is 0 Å². The number of H-pyrrole nitrogens is 1. The zero-order valence-corrected chi connectivity index (χ0v) is 10.8. The third-order valence-electron chi connectivity index (χ3n) is 2.79. The number of amides is 1. The predicted octanol–water partition coefficient (Wildman–Crippen LogP) is -0.908. The number of nitrogens with one attached hydrogen (secondary N) is 2. The average molecular weight is 267 g/mol. The van der Waals surface area contributed by atoms with Gasteiger partial charge in [0, 0.05) is 18.3 Å². The molecule has 1 amide bonds. The number of rotatable bonds is 9. The van der Waals surface area contributed by atoms with Crippen molar-refractivity contribution in [1.29, 1.82) is 0 Å². The summed E-state index contributed by atoms with van der Waals surface area (Å²) in [5, 5.41) is 2.63. The zero-order valence-electron chi connectivity index (χ0n) is 10.8. The van der Waals surface area contributed by atoms with E-state index in [2.05, 4.69) is 15.3 Å². The van der Waals surface area contributed by atoms with Crippen LogP contribution in [0, 0.1) is 0 Å². The van der Waals surface area contributed by atoms with Crippen LogP contribution < -0.4 is 16.8 Å². The minimum Gasteiger partial charge on any atom is -0.348 e. The molecule has 0 saturated carbocycles. The van der Waals surface area contributed by atoms with Crippen LogP contribution in [-0.2, 0) is 16.0 Å². The van der Waals surface area contributed by atoms with Crippen LogP contribution in [0.25, 0.3) is 0 Å². The fourth-order valence-electron chi connectivity index (χ4n) is 1.70. The van der Waals surface area contributed by atoms with E-state index < -0.39 is 12.1 Å². The fourth-order valence-corrected chi connectivity index (χ4v) is 1.70. The molecule has 106 valence electrons. The smallest absolute Gasteiger partial charge is 0.237 e. The first-order chi connectivity index (χ1) is 9.17. The highest BCUT2D eigenvalue weighted by atomic mass is 16.2. The SMILES string of the molecule is NCCCC[C@@H](C=O)NC(=O)[C@@H](N)Cc1cnc[nH]1. The van der Waals surface area contributed by atoms with Gasteiger partial charge >= 0.3 is 0 Å². The molecule has 0 aliphatic rings. The molecule has 1 heterocycles. The molecule has 2 atom stereocenters. The van der Waals surface area contributed by atoms with Gasteiger partial charge in [-0.1, -0.05) is 0 Å². The number of nitrogens with two attached hydrogens (primary N) is 2. The Hall–Kier alpha value is -1.73. The summed E-state index contributed by atoms with van der Waals surface area (Å²) in [5.74, 6) is -0.334. The van der Waals surface area contributed by atoms with Gasteiger partial charge in [0.2, 0.25) is 5.91 Å². The Morgan fingerprint density at radius 3 is 2.89 bits per heavy atom. The number of aldehydes is 1. The summed E-state index contributed by atoms with van der Waals surface area (Å²) in [4.78, 5) is 29.4. The van der Waals surface area contributed by atoms with Gasteiger partial charge in [0.05, 0.1) is 18.4 Å². The highest BCUT2D eigenvalue weighted by Gasteiger charge is 2.18. The van der Waals surface area contributed by atoms with Crippen LogP contribution in [0.15, 0.2) is 12.5 Å². The van der Waals surface area contributed by atoms with Crippen molar-refractivity contribution in [3.63, 3.8) is 0 Å². The molecule has 7 heteroatoms. The molecule has 0 radical (unpaired) electrons. The van der Waals surface area contributed by atoms with E-state index in [1.807, 2.05) is 0 Å². The first-order valence-corrected chi connectivity index (χ1v) is 6.36. The topological polar surface area (TPSA) is 127 Å². The maximum Gasteiger partial charge on any atom is 0.237 e. The fraction of sp³-hybridized carbons (Fsp3) is 0.583. The molecule has 0 aliphatic heterocycles. The van der Waals surface area contributed by atoms with Crippen molar-refractivity contribution in [1.82, 2.24) is 15.3 Å². The van der Waals surface area contributed by atoms with Crippen LogP contribution in [0.5, 0.6) is 0 Å². The highest BCUT2D eigenvalue weighted by molar-refractivity contribution is 5.84. The predicted molar refractivity (Wildman–Crippen MR) is 71.2 cm³/mol. The van der Waals surface area contributed by atoms with Crippen molar-refractivity contribution in [2.75, 3.05) is 6.54 Å². The number of hydrogen-bond donors (Lipinski definition) is 4. The van der Waals surface area contributed by atoms with Crippen LogP contribution in [-0.4, -0.2) is 40.8 Å². The van der Waals surface area contributed by atoms with E-state index in [4.69, 9.17) is 11.5 Å². The largest absolute Gasteiger partial charge is 0.348 e. The Balaban J connectivity index is 2.36. The van der Waals surface area contributed by atoms with Gasteiger partial charge in [-0.05, 0) is 25.8 Å². The Morgan fingerprint density at radius 2 is 2.32 bits per heavy atom. The normalized spacial score (nSPS) is 13.8. The molecule has 1 rings (SSSR count). The molecule has 0 spiro atoms. The Labute approximate surface area is 112 Å². The summed E-state index contributed by atoms with van der Waals surface area (Å²) < 4.78 is 0. The van der Waals surface area contributed by atoms with Gasteiger partial charge in [-0.2, -0.15) is 0 Å². The number of aromatic nitrogens is 2. The number of hydrogen-bond acceptors (Lipinski definition) is 5. The van der Waals surface area contributed by atoms with Gasteiger partial charge in [0.25, 0.3) is 0 Å². The van der Waals surface area contributed by atoms with Gasteiger partial charge in [0.15, 0.2) is 0 Å². The quantitative estimate of drug-likeness (QED) is 0.340. The molecular weight excluding hydrogens is 246 g/mol. The second-order valence-electron chi connectivity index (χ2n) is 4.42. The lowest BCUT2D eigenvalue weighted by molar-refractivity contribution is -0.125. The van der Waals surface area contributed by atoms with Crippen molar-refractivity contribution in [3.8, 4) is 0 Å². The van der Waals surface area contributed by atoms with Gasteiger partial charge in [-0.25, -0.2) is 4.98 Å². The van der Waals surface area contributed by atoms with E-state index in [0.29, 0.717) is 19.4 Å². The number of imidazole rings is 1. The zero-order chi connectivity index (χ0) is 14.1. The van der Waals surface area contributed by atoms with E-state index in [0.717, 1.165) is 24.8 Å². The molecule has 0 aromatic carbocycles.